The molecule has 1 saturated heterocycles. The Labute approximate surface area is 147 Å². The number of piperazine rings is 1. The summed E-state index contributed by atoms with van der Waals surface area (Å²) in [6.07, 6.45) is 0.938. The summed E-state index contributed by atoms with van der Waals surface area (Å²) < 4.78 is 5.39. The van der Waals surface area contributed by atoms with E-state index < -0.39 is 0 Å². The van der Waals surface area contributed by atoms with Gasteiger partial charge in [0.15, 0.2) is 6.61 Å². The Morgan fingerprint density at radius 1 is 1.26 bits per heavy atom. The molecule has 0 atom stereocenters. The van der Waals surface area contributed by atoms with Crippen LogP contribution in [0.5, 0.6) is 5.75 Å². The Bertz CT molecular complexity index is 520. The number of rotatable bonds is 7. The molecule has 0 unspecified atom stereocenters. The lowest BCUT2D eigenvalue weighted by molar-refractivity contribution is -0.123. The van der Waals surface area contributed by atoms with Crippen molar-refractivity contribution in [2.75, 3.05) is 52.9 Å². The summed E-state index contributed by atoms with van der Waals surface area (Å²) in [5, 5.41) is 3.83. The van der Waals surface area contributed by atoms with E-state index in [1.54, 1.807) is 18.2 Å². The van der Waals surface area contributed by atoms with Crippen molar-refractivity contribution < 1.29 is 9.53 Å². The molecule has 23 heavy (non-hydrogen) atoms. The minimum Gasteiger partial charge on any atom is -0.482 e. The maximum Gasteiger partial charge on any atom is 0.257 e. The molecule has 128 valence electrons. The normalized spacial score (nSPS) is 16.3. The Balaban J connectivity index is 1.59. The van der Waals surface area contributed by atoms with Crippen molar-refractivity contribution in [3.8, 4) is 5.75 Å². The van der Waals surface area contributed by atoms with Gasteiger partial charge < -0.3 is 19.9 Å². The Kier molecular flexibility index (Phi) is 7.43. The van der Waals surface area contributed by atoms with E-state index >= 15 is 0 Å². The van der Waals surface area contributed by atoms with Gasteiger partial charge in [-0.2, -0.15) is 0 Å². The number of benzene rings is 1. The van der Waals surface area contributed by atoms with Gasteiger partial charge in [0, 0.05) is 43.8 Å². The van der Waals surface area contributed by atoms with Crippen LogP contribution < -0.4 is 10.1 Å². The average Bonchev–Trinajstić information content (AvgIpc) is 2.54. The predicted octanol–water partition coefficient (Wildman–Crippen LogP) is 2.13. The van der Waals surface area contributed by atoms with Crippen LogP contribution >= 0.6 is 23.2 Å². The first-order valence-corrected chi connectivity index (χ1v) is 8.55. The van der Waals surface area contributed by atoms with Crippen molar-refractivity contribution in [2.24, 2.45) is 0 Å². The van der Waals surface area contributed by atoms with Gasteiger partial charge >= 0.3 is 0 Å². The maximum atomic E-state index is 11.8. The van der Waals surface area contributed by atoms with Gasteiger partial charge in [-0.1, -0.05) is 23.2 Å². The topological polar surface area (TPSA) is 44.8 Å². The van der Waals surface area contributed by atoms with E-state index in [2.05, 4.69) is 22.2 Å². The Morgan fingerprint density at radius 2 is 2.00 bits per heavy atom. The third kappa shape index (κ3) is 6.55. The van der Waals surface area contributed by atoms with Crippen LogP contribution in [0.25, 0.3) is 0 Å². The number of ether oxygens (including phenoxy) is 1. The zero-order valence-corrected chi connectivity index (χ0v) is 14.9. The van der Waals surface area contributed by atoms with Crippen molar-refractivity contribution in [1.82, 2.24) is 15.1 Å². The third-order valence-electron chi connectivity index (χ3n) is 3.82. The molecule has 1 amide bonds. The fourth-order valence-corrected chi connectivity index (χ4v) is 2.72. The molecule has 1 aromatic rings. The zero-order valence-electron chi connectivity index (χ0n) is 13.4. The number of halogens is 2. The number of carbonyl (C=O) groups excluding carboxylic acids is 1. The van der Waals surface area contributed by atoms with Crippen molar-refractivity contribution in [3.05, 3.63) is 28.2 Å². The van der Waals surface area contributed by atoms with E-state index in [0.717, 1.165) is 39.1 Å². The number of hydrogen-bond donors (Lipinski definition) is 1. The number of likely N-dealkylation sites (N-methyl/N-ethyl adjacent to an activating group) is 1. The van der Waals surface area contributed by atoms with Crippen molar-refractivity contribution in [2.45, 2.75) is 6.42 Å². The minimum absolute atomic E-state index is 0.0609. The fourth-order valence-electron chi connectivity index (χ4n) is 2.38. The van der Waals surface area contributed by atoms with Gasteiger partial charge in [-0.3, -0.25) is 4.79 Å². The summed E-state index contributed by atoms with van der Waals surface area (Å²) in [5.41, 5.74) is 0. The molecule has 1 fully saturated rings. The average molecular weight is 360 g/mol. The standard InChI is InChI=1S/C16H23Cl2N3O2/c1-20-7-9-21(10-8-20)6-2-5-19-16(22)12-23-15-11-13(17)3-4-14(15)18/h3-4,11H,2,5-10,12H2,1H3,(H,19,22). The van der Waals surface area contributed by atoms with Crippen LogP contribution in [0.1, 0.15) is 6.42 Å². The largest absolute Gasteiger partial charge is 0.482 e. The smallest absolute Gasteiger partial charge is 0.257 e. The molecule has 1 N–H and O–H groups in total. The summed E-state index contributed by atoms with van der Waals surface area (Å²) in [4.78, 5) is 16.5. The minimum atomic E-state index is -0.153. The molecule has 1 heterocycles. The maximum absolute atomic E-state index is 11.8. The number of nitrogens with one attached hydrogen (secondary N) is 1. The molecule has 1 aromatic carbocycles. The van der Waals surface area contributed by atoms with Crippen molar-refractivity contribution in [3.63, 3.8) is 0 Å². The lowest BCUT2D eigenvalue weighted by Gasteiger charge is -2.32. The molecule has 5 nitrogen and oxygen atoms in total. The SMILES string of the molecule is CN1CCN(CCCNC(=O)COc2cc(Cl)ccc2Cl)CC1. The highest BCUT2D eigenvalue weighted by molar-refractivity contribution is 6.34. The molecule has 1 aliphatic heterocycles. The van der Waals surface area contributed by atoms with Crippen molar-refractivity contribution in [1.29, 1.82) is 0 Å². The van der Waals surface area contributed by atoms with E-state index in [4.69, 9.17) is 27.9 Å². The van der Waals surface area contributed by atoms with Crippen molar-refractivity contribution >= 4 is 29.1 Å². The van der Waals surface area contributed by atoms with E-state index in [1.165, 1.54) is 0 Å². The van der Waals surface area contributed by atoms with E-state index in [1.807, 2.05) is 0 Å². The number of nitrogens with zero attached hydrogens (tertiary/aromatic N) is 2. The van der Waals surface area contributed by atoms with Crippen LogP contribution in [-0.4, -0.2) is 68.6 Å². The Morgan fingerprint density at radius 3 is 2.74 bits per heavy atom. The van der Waals surface area contributed by atoms with Crippen LogP contribution in [0, 0.1) is 0 Å². The van der Waals surface area contributed by atoms with E-state index in [-0.39, 0.29) is 12.5 Å². The fraction of sp³-hybridized carbons (Fsp3) is 0.562. The summed E-state index contributed by atoms with van der Waals surface area (Å²) in [6.45, 7) is 6.02. The predicted molar refractivity (Wildman–Crippen MR) is 93.5 cm³/mol. The van der Waals surface area contributed by atoms with Crippen LogP contribution in [0.15, 0.2) is 18.2 Å². The summed E-state index contributed by atoms with van der Waals surface area (Å²) in [5.74, 6) is 0.270. The van der Waals surface area contributed by atoms with Gasteiger partial charge in [-0.25, -0.2) is 0 Å². The number of hydrogen-bond acceptors (Lipinski definition) is 4. The van der Waals surface area contributed by atoms with Gasteiger partial charge in [0.1, 0.15) is 5.75 Å². The highest BCUT2D eigenvalue weighted by atomic mass is 35.5. The molecule has 0 spiro atoms. The lowest BCUT2D eigenvalue weighted by atomic mass is 10.3. The van der Waals surface area contributed by atoms with Gasteiger partial charge in [0.2, 0.25) is 0 Å². The van der Waals surface area contributed by atoms with Gasteiger partial charge in [-0.05, 0) is 32.1 Å². The molecule has 0 radical (unpaired) electrons. The molecule has 1 aliphatic rings. The molecule has 7 heteroatoms. The first-order valence-electron chi connectivity index (χ1n) is 7.80. The van der Waals surface area contributed by atoms with Crippen LogP contribution in [0.4, 0.5) is 0 Å². The molecule has 0 saturated carbocycles. The second kappa shape index (κ2) is 9.33. The number of amides is 1. The van der Waals surface area contributed by atoms with Crippen LogP contribution in [0.3, 0.4) is 0 Å². The van der Waals surface area contributed by atoms with Crippen LogP contribution in [0.2, 0.25) is 10.0 Å². The monoisotopic (exact) mass is 359 g/mol. The highest BCUT2D eigenvalue weighted by Gasteiger charge is 2.13. The number of carbonyl (C=O) groups is 1. The zero-order chi connectivity index (χ0) is 16.7. The van der Waals surface area contributed by atoms with Gasteiger partial charge in [0.05, 0.1) is 5.02 Å². The Hall–Kier alpha value is -1.01. The summed E-state index contributed by atoms with van der Waals surface area (Å²) >= 11 is 11.8. The molecule has 0 aromatic heterocycles. The van der Waals surface area contributed by atoms with Gasteiger partial charge in [-0.15, -0.1) is 0 Å². The van der Waals surface area contributed by atoms with E-state index in [9.17, 15) is 4.79 Å². The second-order valence-corrected chi connectivity index (χ2v) is 6.56. The lowest BCUT2D eigenvalue weighted by Crippen LogP contribution is -2.45. The quantitative estimate of drug-likeness (QED) is 0.757. The third-order valence-corrected chi connectivity index (χ3v) is 4.37. The summed E-state index contributed by atoms with van der Waals surface area (Å²) in [7, 11) is 2.14. The molecular weight excluding hydrogens is 337 g/mol. The van der Waals surface area contributed by atoms with E-state index in [0.29, 0.717) is 22.3 Å². The molecular formula is C16H23Cl2N3O2. The van der Waals surface area contributed by atoms with Gasteiger partial charge in [0.25, 0.3) is 5.91 Å². The second-order valence-electron chi connectivity index (χ2n) is 5.71. The first kappa shape index (κ1) is 18.3. The van der Waals surface area contributed by atoms with Crippen LogP contribution in [-0.2, 0) is 4.79 Å². The highest BCUT2D eigenvalue weighted by Crippen LogP contribution is 2.27. The first-order chi connectivity index (χ1) is 11.0. The molecule has 0 aliphatic carbocycles. The summed E-state index contributed by atoms with van der Waals surface area (Å²) in [6, 6.07) is 4.92. The molecule has 0 bridgehead atoms. The molecule has 2 rings (SSSR count).